The van der Waals surface area contributed by atoms with Crippen LogP contribution in [0.25, 0.3) is 0 Å². The zero-order chi connectivity index (χ0) is 9.73. The molecule has 0 amide bonds. The number of carbonyl (C=O) groups excluding carboxylic acids is 1. The van der Waals surface area contributed by atoms with Gasteiger partial charge in [0.25, 0.3) is 0 Å². The van der Waals surface area contributed by atoms with Gasteiger partial charge in [-0.15, -0.1) is 0 Å². The number of ketones is 1. The maximum Gasteiger partial charge on any atom is 0.164 e. The van der Waals surface area contributed by atoms with E-state index >= 15 is 0 Å². The number of hydrogen-bond donors (Lipinski definition) is 0. The summed E-state index contributed by atoms with van der Waals surface area (Å²) in [5.41, 5.74) is -0.526. The molecule has 0 aromatic carbocycles. The van der Waals surface area contributed by atoms with Crippen molar-refractivity contribution in [3.8, 4) is 0 Å². The van der Waals surface area contributed by atoms with Crippen LogP contribution in [0.15, 0.2) is 0 Å². The van der Waals surface area contributed by atoms with Crippen LogP contribution in [0.1, 0.15) is 33.1 Å². The van der Waals surface area contributed by atoms with Crippen molar-refractivity contribution in [1.82, 2.24) is 0 Å². The van der Waals surface area contributed by atoms with Gasteiger partial charge in [0.15, 0.2) is 5.78 Å². The Labute approximate surface area is 79.4 Å². The van der Waals surface area contributed by atoms with Gasteiger partial charge in [0.05, 0.1) is 0 Å². The van der Waals surface area contributed by atoms with Gasteiger partial charge in [-0.25, -0.2) is 0 Å². The molecule has 0 aromatic heterocycles. The summed E-state index contributed by atoms with van der Waals surface area (Å²) in [5, 5.41) is 0. The Morgan fingerprint density at radius 1 is 1.38 bits per heavy atom. The normalized spacial score (nSPS) is 21.4. The molecule has 1 saturated heterocycles. The van der Waals surface area contributed by atoms with Crippen molar-refractivity contribution in [3.63, 3.8) is 0 Å². The summed E-state index contributed by atoms with van der Waals surface area (Å²) >= 11 is 0. The van der Waals surface area contributed by atoms with Crippen molar-refractivity contribution in [2.45, 2.75) is 38.7 Å². The first-order valence-electron chi connectivity index (χ1n) is 5.00. The molecule has 0 N–H and O–H groups in total. The maximum atomic E-state index is 11.7. The Bertz CT molecular complexity index is 165. The number of carbonyl (C=O) groups is 1. The van der Waals surface area contributed by atoms with Crippen molar-refractivity contribution < 1.29 is 14.3 Å². The van der Waals surface area contributed by atoms with E-state index in [1.54, 1.807) is 0 Å². The van der Waals surface area contributed by atoms with Gasteiger partial charge < -0.3 is 9.47 Å². The Morgan fingerprint density at radius 3 is 2.46 bits per heavy atom. The summed E-state index contributed by atoms with van der Waals surface area (Å²) in [7, 11) is 0. The highest BCUT2D eigenvalue weighted by atomic mass is 16.5. The average molecular weight is 186 g/mol. The minimum absolute atomic E-state index is 0.220. The second-order valence-electron chi connectivity index (χ2n) is 3.32. The van der Waals surface area contributed by atoms with Gasteiger partial charge in [-0.05, 0) is 6.92 Å². The summed E-state index contributed by atoms with van der Waals surface area (Å²) in [5.74, 6) is 0.220. The van der Waals surface area contributed by atoms with Crippen LogP contribution in [0.4, 0.5) is 0 Å². The van der Waals surface area contributed by atoms with Crippen molar-refractivity contribution in [1.29, 1.82) is 0 Å². The molecule has 0 unspecified atom stereocenters. The number of rotatable bonds is 4. The summed E-state index contributed by atoms with van der Waals surface area (Å²) in [6, 6.07) is 0. The SMILES string of the molecule is CCOC1(C(=O)CC)CCOCC1. The Hall–Kier alpha value is -0.410. The first-order valence-corrected chi connectivity index (χ1v) is 5.00. The van der Waals surface area contributed by atoms with Crippen LogP contribution in [0.3, 0.4) is 0 Å². The van der Waals surface area contributed by atoms with Crippen LogP contribution >= 0.6 is 0 Å². The highest BCUT2D eigenvalue weighted by Crippen LogP contribution is 2.27. The second-order valence-corrected chi connectivity index (χ2v) is 3.32. The van der Waals surface area contributed by atoms with Crippen molar-refractivity contribution in [2.75, 3.05) is 19.8 Å². The molecule has 3 nitrogen and oxygen atoms in total. The zero-order valence-corrected chi connectivity index (χ0v) is 8.47. The Balaban J connectivity index is 2.66. The van der Waals surface area contributed by atoms with Gasteiger partial charge >= 0.3 is 0 Å². The Kier molecular flexibility index (Phi) is 3.88. The summed E-state index contributed by atoms with van der Waals surface area (Å²) in [6.07, 6.45) is 1.99. The quantitative estimate of drug-likeness (QED) is 0.668. The summed E-state index contributed by atoms with van der Waals surface area (Å²) in [4.78, 5) is 11.7. The molecular weight excluding hydrogens is 168 g/mol. The molecule has 13 heavy (non-hydrogen) atoms. The van der Waals surface area contributed by atoms with Crippen LogP contribution in [0.5, 0.6) is 0 Å². The molecule has 1 aliphatic heterocycles. The predicted molar refractivity (Wildman–Crippen MR) is 49.7 cm³/mol. The first kappa shape index (κ1) is 10.7. The molecule has 0 spiro atoms. The predicted octanol–water partition coefficient (Wildman–Crippen LogP) is 1.55. The van der Waals surface area contributed by atoms with Crippen LogP contribution < -0.4 is 0 Å². The fourth-order valence-corrected chi connectivity index (χ4v) is 1.80. The highest BCUT2D eigenvalue weighted by Gasteiger charge is 2.39. The van der Waals surface area contributed by atoms with Crippen LogP contribution in [-0.2, 0) is 14.3 Å². The van der Waals surface area contributed by atoms with Crippen molar-refractivity contribution >= 4 is 5.78 Å². The van der Waals surface area contributed by atoms with Gasteiger partial charge in [0.2, 0.25) is 0 Å². The largest absolute Gasteiger partial charge is 0.381 e. The third kappa shape index (κ3) is 2.29. The fraction of sp³-hybridized carbons (Fsp3) is 0.900. The van der Waals surface area contributed by atoms with E-state index in [-0.39, 0.29) is 5.78 Å². The van der Waals surface area contributed by atoms with E-state index < -0.39 is 5.60 Å². The lowest BCUT2D eigenvalue weighted by Crippen LogP contribution is -2.46. The van der Waals surface area contributed by atoms with E-state index in [9.17, 15) is 4.79 Å². The molecule has 0 radical (unpaired) electrons. The molecule has 1 heterocycles. The topological polar surface area (TPSA) is 35.5 Å². The van der Waals surface area contributed by atoms with Crippen LogP contribution in [0.2, 0.25) is 0 Å². The molecule has 0 aromatic rings. The smallest absolute Gasteiger partial charge is 0.164 e. The van der Waals surface area contributed by atoms with E-state index in [1.807, 2.05) is 13.8 Å². The molecule has 1 rings (SSSR count). The van der Waals surface area contributed by atoms with Crippen molar-refractivity contribution in [3.05, 3.63) is 0 Å². The van der Waals surface area contributed by atoms with Crippen molar-refractivity contribution in [2.24, 2.45) is 0 Å². The standard InChI is InChI=1S/C10H18O3/c1-3-9(11)10(13-4-2)5-7-12-8-6-10/h3-8H2,1-2H3. The molecule has 1 aliphatic rings. The molecule has 0 saturated carbocycles. The third-order valence-corrected chi connectivity index (χ3v) is 2.55. The molecule has 3 heteroatoms. The summed E-state index contributed by atoms with van der Waals surface area (Å²) < 4.78 is 10.8. The number of ether oxygens (including phenoxy) is 2. The van der Waals surface area contributed by atoms with E-state index in [4.69, 9.17) is 9.47 Å². The molecule has 0 aliphatic carbocycles. The Morgan fingerprint density at radius 2 is 2.00 bits per heavy atom. The molecular formula is C10H18O3. The van der Waals surface area contributed by atoms with Gasteiger partial charge in [0.1, 0.15) is 5.60 Å². The monoisotopic (exact) mass is 186 g/mol. The third-order valence-electron chi connectivity index (χ3n) is 2.55. The van der Waals surface area contributed by atoms with Gasteiger partial charge in [-0.3, -0.25) is 4.79 Å². The molecule has 1 fully saturated rings. The van der Waals surface area contributed by atoms with E-state index in [1.165, 1.54) is 0 Å². The first-order chi connectivity index (χ1) is 6.25. The fourth-order valence-electron chi connectivity index (χ4n) is 1.80. The average Bonchev–Trinajstić information content (AvgIpc) is 2.18. The zero-order valence-electron chi connectivity index (χ0n) is 8.47. The lowest BCUT2D eigenvalue weighted by atomic mass is 9.88. The second kappa shape index (κ2) is 4.72. The minimum atomic E-state index is -0.526. The van der Waals surface area contributed by atoms with Crippen LogP contribution in [-0.4, -0.2) is 31.2 Å². The molecule has 0 atom stereocenters. The molecule has 0 bridgehead atoms. The van der Waals surface area contributed by atoms with E-state index in [0.29, 0.717) is 39.1 Å². The van der Waals surface area contributed by atoms with E-state index in [2.05, 4.69) is 0 Å². The maximum absolute atomic E-state index is 11.7. The highest BCUT2D eigenvalue weighted by molar-refractivity contribution is 5.87. The number of Topliss-reactive ketones (excluding diaryl/α,β-unsaturated/α-hetero) is 1. The minimum Gasteiger partial charge on any atom is -0.381 e. The van der Waals surface area contributed by atoms with Crippen LogP contribution in [0, 0.1) is 0 Å². The van der Waals surface area contributed by atoms with Gasteiger partial charge in [0, 0.05) is 39.1 Å². The summed E-state index contributed by atoms with van der Waals surface area (Å²) in [6.45, 7) is 5.71. The van der Waals surface area contributed by atoms with E-state index in [0.717, 1.165) is 0 Å². The lowest BCUT2D eigenvalue weighted by molar-refractivity contribution is -0.157. The lowest BCUT2D eigenvalue weighted by Gasteiger charge is -2.35. The van der Waals surface area contributed by atoms with Gasteiger partial charge in [-0.1, -0.05) is 6.92 Å². The molecule has 76 valence electrons. The van der Waals surface area contributed by atoms with Gasteiger partial charge in [-0.2, -0.15) is 0 Å². The number of hydrogen-bond acceptors (Lipinski definition) is 3.